The minimum Gasteiger partial charge on any atom is -0.493 e. The largest absolute Gasteiger partial charge is 0.493 e. The lowest BCUT2D eigenvalue weighted by Gasteiger charge is -2.33. The third-order valence-corrected chi connectivity index (χ3v) is 6.81. The molecule has 0 fully saturated rings. The average molecular weight is 546 g/mol. The van der Waals surface area contributed by atoms with Crippen LogP contribution in [-0.4, -0.2) is 42.1 Å². The van der Waals surface area contributed by atoms with Gasteiger partial charge >= 0.3 is 12.4 Å². The fourth-order valence-electron chi connectivity index (χ4n) is 4.10. The van der Waals surface area contributed by atoms with E-state index in [1.807, 2.05) is 0 Å². The van der Waals surface area contributed by atoms with Crippen LogP contribution in [0.4, 0.5) is 32.0 Å². The number of hydrogen-bond donors (Lipinski definition) is 0. The van der Waals surface area contributed by atoms with E-state index in [-0.39, 0.29) is 34.3 Å². The number of fused-ring (bicyclic) bond motifs is 3. The number of carbonyl (C=O) groups excluding carboxylic acids is 1. The standard InChI is InChI=1S/C24H21F6N3O3S/c1-11(2)19-21(34)32-20-15-8-17(35-3)18(36-4)9-16(15)31-22(33(19)20)37-10-12-5-13(23(25,26)27)7-14(6-12)24(28,29)30/h5-9,11,19H,10H2,1-4H3. The molecule has 0 aromatic heterocycles. The van der Waals surface area contributed by atoms with Crippen molar-refractivity contribution in [3.8, 4) is 11.5 Å². The van der Waals surface area contributed by atoms with Crippen molar-refractivity contribution in [2.24, 2.45) is 15.9 Å². The second-order valence-electron chi connectivity index (χ2n) is 8.65. The number of ether oxygens (including phenoxy) is 2. The van der Waals surface area contributed by atoms with Crippen LogP contribution in [0, 0.1) is 5.92 Å². The summed E-state index contributed by atoms with van der Waals surface area (Å²) in [6.45, 7) is 3.60. The average Bonchev–Trinajstić information content (AvgIpc) is 3.17. The van der Waals surface area contributed by atoms with Gasteiger partial charge in [0, 0.05) is 17.4 Å². The number of halogens is 6. The minimum absolute atomic E-state index is 0.0842. The van der Waals surface area contributed by atoms with Crippen LogP contribution < -0.4 is 9.47 Å². The first-order chi connectivity index (χ1) is 17.2. The molecule has 4 rings (SSSR count). The number of methoxy groups -OCH3 is 2. The topological polar surface area (TPSA) is 63.5 Å². The number of carbonyl (C=O) groups is 1. The molecule has 37 heavy (non-hydrogen) atoms. The van der Waals surface area contributed by atoms with E-state index in [0.717, 1.165) is 11.8 Å². The van der Waals surface area contributed by atoms with Gasteiger partial charge in [0.1, 0.15) is 11.9 Å². The molecule has 2 aliphatic heterocycles. The highest BCUT2D eigenvalue weighted by Gasteiger charge is 2.44. The van der Waals surface area contributed by atoms with Crippen LogP contribution in [0.1, 0.15) is 36.1 Å². The van der Waals surface area contributed by atoms with E-state index in [1.54, 1.807) is 30.9 Å². The number of amidine groups is 2. The third-order valence-electron chi connectivity index (χ3n) is 5.79. The number of alkyl halides is 6. The Bertz CT molecular complexity index is 1270. The first-order valence-corrected chi connectivity index (χ1v) is 11.9. The Kier molecular flexibility index (Phi) is 6.95. The lowest BCUT2D eigenvalue weighted by atomic mass is 10.0. The van der Waals surface area contributed by atoms with Crippen LogP contribution in [0.25, 0.3) is 0 Å². The summed E-state index contributed by atoms with van der Waals surface area (Å²) in [5.41, 5.74) is -2.14. The Morgan fingerprint density at radius 2 is 1.49 bits per heavy atom. The molecule has 0 saturated carbocycles. The van der Waals surface area contributed by atoms with Gasteiger partial charge < -0.3 is 9.47 Å². The summed E-state index contributed by atoms with van der Waals surface area (Å²) >= 11 is 0.912. The Balaban J connectivity index is 1.78. The van der Waals surface area contributed by atoms with E-state index < -0.39 is 35.4 Å². The van der Waals surface area contributed by atoms with Gasteiger partial charge in [-0.25, -0.2) is 4.99 Å². The quantitative estimate of drug-likeness (QED) is 0.414. The van der Waals surface area contributed by atoms with Crippen molar-refractivity contribution >= 4 is 34.4 Å². The highest BCUT2D eigenvalue weighted by molar-refractivity contribution is 8.13. The van der Waals surface area contributed by atoms with Gasteiger partial charge in [-0.05, 0) is 35.7 Å². The molecule has 1 unspecified atom stereocenters. The molecule has 0 spiro atoms. The van der Waals surface area contributed by atoms with Gasteiger partial charge in [0.05, 0.1) is 31.0 Å². The molecule has 1 atom stereocenters. The van der Waals surface area contributed by atoms with Crippen LogP contribution in [-0.2, 0) is 22.9 Å². The SMILES string of the molecule is COc1cc2c(cc1OC)C1=NC(=O)C(C(C)C)N1C(SCc1cc(C(F)(F)F)cc(C(F)(F)F)c1)=N2. The summed E-state index contributed by atoms with van der Waals surface area (Å²) in [5, 5.41) is 0.217. The van der Waals surface area contributed by atoms with Crippen molar-refractivity contribution < 1.29 is 40.6 Å². The van der Waals surface area contributed by atoms with Crippen LogP contribution in [0.15, 0.2) is 40.3 Å². The predicted octanol–water partition coefficient (Wildman–Crippen LogP) is 6.29. The fourth-order valence-corrected chi connectivity index (χ4v) is 5.06. The summed E-state index contributed by atoms with van der Waals surface area (Å²) in [7, 11) is 2.87. The molecule has 198 valence electrons. The molecule has 0 saturated heterocycles. The van der Waals surface area contributed by atoms with Crippen molar-refractivity contribution in [2.75, 3.05) is 14.2 Å². The summed E-state index contributed by atoms with van der Waals surface area (Å²) < 4.78 is 90.5. The molecule has 2 aromatic carbocycles. The Morgan fingerprint density at radius 1 is 0.919 bits per heavy atom. The van der Waals surface area contributed by atoms with E-state index in [1.165, 1.54) is 14.2 Å². The lowest BCUT2D eigenvalue weighted by molar-refractivity contribution is -0.143. The first kappa shape index (κ1) is 26.8. The smallest absolute Gasteiger partial charge is 0.416 e. The van der Waals surface area contributed by atoms with Gasteiger partial charge in [-0.2, -0.15) is 31.3 Å². The van der Waals surface area contributed by atoms with Crippen molar-refractivity contribution in [2.45, 2.75) is 38.0 Å². The van der Waals surface area contributed by atoms with E-state index >= 15 is 0 Å². The van der Waals surface area contributed by atoms with E-state index in [4.69, 9.17) is 9.47 Å². The van der Waals surface area contributed by atoms with Gasteiger partial charge in [-0.1, -0.05) is 25.6 Å². The monoisotopic (exact) mass is 545 g/mol. The van der Waals surface area contributed by atoms with Gasteiger partial charge in [0.2, 0.25) is 0 Å². The fraction of sp³-hybridized carbons (Fsp3) is 0.375. The molecule has 13 heteroatoms. The van der Waals surface area contributed by atoms with Crippen molar-refractivity contribution in [3.05, 3.63) is 52.6 Å². The number of aliphatic imine (C=N–C) groups is 2. The first-order valence-electron chi connectivity index (χ1n) is 10.9. The molecule has 0 radical (unpaired) electrons. The van der Waals surface area contributed by atoms with Crippen molar-refractivity contribution in [1.29, 1.82) is 0 Å². The molecular formula is C24H21F6N3O3S. The number of benzene rings is 2. The van der Waals surface area contributed by atoms with E-state index in [2.05, 4.69) is 9.98 Å². The molecule has 2 heterocycles. The molecule has 6 nitrogen and oxygen atoms in total. The summed E-state index contributed by atoms with van der Waals surface area (Å²) in [6, 6.07) is 3.88. The summed E-state index contributed by atoms with van der Waals surface area (Å²) in [5.74, 6) is 0.0836. The maximum absolute atomic E-state index is 13.3. The van der Waals surface area contributed by atoms with Crippen molar-refractivity contribution in [1.82, 2.24) is 4.90 Å². The normalized spacial score (nSPS) is 17.4. The Hall–Kier alpha value is -3.22. The molecule has 2 aromatic rings. The predicted molar refractivity (Wildman–Crippen MR) is 126 cm³/mol. The number of hydrogen-bond acceptors (Lipinski definition) is 6. The molecule has 0 aliphatic carbocycles. The van der Waals surface area contributed by atoms with Gasteiger partial charge in [0.15, 0.2) is 16.7 Å². The molecule has 2 aliphatic rings. The molecule has 0 N–H and O–H groups in total. The zero-order chi connectivity index (χ0) is 27.3. The maximum atomic E-state index is 13.3. The van der Waals surface area contributed by atoms with Crippen LogP contribution >= 0.6 is 11.8 Å². The maximum Gasteiger partial charge on any atom is 0.416 e. The van der Waals surface area contributed by atoms with Crippen LogP contribution in [0.2, 0.25) is 0 Å². The zero-order valence-corrected chi connectivity index (χ0v) is 20.8. The second-order valence-corrected chi connectivity index (χ2v) is 9.60. The highest BCUT2D eigenvalue weighted by Crippen LogP contribution is 2.43. The van der Waals surface area contributed by atoms with Gasteiger partial charge in [-0.3, -0.25) is 9.69 Å². The Morgan fingerprint density at radius 3 is 2.00 bits per heavy atom. The lowest BCUT2D eigenvalue weighted by Crippen LogP contribution is -2.46. The third kappa shape index (κ3) is 5.13. The van der Waals surface area contributed by atoms with E-state index in [0.29, 0.717) is 34.9 Å². The Labute approximate surface area is 212 Å². The zero-order valence-electron chi connectivity index (χ0n) is 20.0. The number of amides is 1. The van der Waals surface area contributed by atoms with Crippen LogP contribution in [0.3, 0.4) is 0 Å². The molecular weight excluding hydrogens is 524 g/mol. The van der Waals surface area contributed by atoms with Crippen molar-refractivity contribution in [3.63, 3.8) is 0 Å². The van der Waals surface area contributed by atoms with Gasteiger partial charge in [0.25, 0.3) is 5.91 Å². The van der Waals surface area contributed by atoms with E-state index in [9.17, 15) is 31.1 Å². The summed E-state index contributed by atoms with van der Waals surface area (Å²) in [6.07, 6.45) is -9.91. The van der Waals surface area contributed by atoms with Gasteiger partial charge in [-0.15, -0.1) is 0 Å². The molecule has 1 amide bonds. The highest BCUT2D eigenvalue weighted by atomic mass is 32.2. The number of rotatable bonds is 5. The summed E-state index contributed by atoms with van der Waals surface area (Å²) in [4.78, 5) is 23.2. The van der Waals surface area contributed by atoms with Crippen LogP contribution in [0.5, 0.6) is 11.5 Å². The molecule has 0 bridgehead atoms. The number of nitrogens with zero attached hydrogens (tertiary/aromatic N) is 3. The number of thioether (sulfide) groups is 1. The minimum atomic E-state index is -4.96. The second kappa shape index (κ2) is 9.58.